The van der Waals surface area contributed by atoms with Crippen molar-refractivity contribution in [2.45, 2.75) is 173 Å². The Balaban J connectivity index is 1.37. The van der Waals surface area contributed by atoms with E-state index in [1.165, 1.54) is 32.1 Å². The van der Waals surface area contributed by atoms with Crippen molar-refractivity contribution < 1.29 is 38.5 Å². The summed E-state index contributed by atoms with van der Waals surface area (Å²) in [5, 5.41) is 28.7. The number of aliphatic hydroxyl groups is 2. The van der Waals surface area contributed by atoms with Gasteiger partial charge in [0.15, 0.2) is 5.79 Å². The van der Waals surface area contributed by atoms with Crippen LogP contribution in [0.4, 0.5) is 0 Å². The minimum Gasteiger partial charge on any atom is -0.462 e. The van der Waals surface area contributed by atoms with E-state index in [1.807, 2.05) is 39.0 Å². The number of carbonyl (C=O) groups is 1. The SMILES string of the molecule is CC1=C[C@H]2C(=O)O[C@H]3C[C@@H](C/C=C(\C)[C@H](O)[C@@H](C)/C=C/C=C4\CO[C@H](/C1=N\O[Si](C)(C)C(C)(C)C)[C@@]42O)O[C@@]1(CC[C@H](C)[C@@H](C2CCCCC2)O1)C3. The maximum atomic E-state index is 14.5. The third-order valence-electron chi connectivity index (χ3n) is 13.4. The topological polar surface area (TPSA) is 116 Å². The zero-order valence-electron chi connectivity index (χ0n) is 33.2. The van der Waals surface area contributed by atoms with Crippen molar-refractivity contribution in [1.82, 2.24) is 0 Å². The summed E-state index contributed by atoms with van der Waals surface area (Å²) >= 11 is 0. The predicted molar refractivity (Wildman–Crippen MR) is 205 cm³/mol. The van der Waals surface area contributed by atoms with E-state index in [0.717, 1.165) is 24.0 Å². The van der Waals surface area contributed by atoms with Crippen LogP contribution >= 0.6 is 0 Å². The van der Waals surface area contributed by atoms with Crippen molar-refractivity contribution in [3.63, 3.8) is 0 Å². The van der Waals surface area contributed by atoms with Gasteiger partial charge in [0.1, 0.15) is 29.4 Å². The number of hydrogen-bond donors (Lipinski definition) is 2. The Morgan fingerprint density at radius 3 is 2.48 bits per heavy atom. The molecule has 52 heavy (non-hydrogen) atoms. The van der Waals surface area contributed by atoms with E-state index in [2.05, 4.69) is 52.0 Å². The van der Waals surface area contributed by atoms with Gasteiger partial charge in [-0.15, -0.1) is 5.16 Å². The van der Waals surface area contributed by atoms with Crippen molar-refractivity contribution in [2.75, 3.05) is 6.61 Å². The lowest BCUT2D eigenvalue weighted by Crippen LogP contribution is -2.58. The largest absolute Gasteiger partial charge is 0.462 e. The van der Waals surface area contributed by atoms with Crippen LogP contribution in [0.5, 0.6) is 0 Å². The van der Waals surface area contributed by atoms with Crippen LogP contribution in [0.2, 0.25) is 18.1 Å². The summed E-state index contributed by atoms with van der Waals surface area (Å²) in [6.07, 6.45) is 16.6. The molecule has 0 unspecified atom stereocenters. The molecule has 2 bridgehead atoms. The number of nitrogens with zero attached hydrogens (tertiary/aromatic N) is 1. The molecule has 0 aromatic rings. The Kier molecular flexibility index (Phi) is 11.6. The van der Waals surface area contributed by atoms with Crippen molar-refractivity contribution in [1.29, 1.82) is 0 Å². The van der Waals surface area contributed by atoms with Crippen LogP contribution in [0.25, 0.3) is 0 Å². The highest BCUT2D eigenvalue weighted by Gasteiger charge is 2.60. The van der Waals surface area contributed by atoms with Gasteiger partial charge < -0.3 is 33.7 Å². The van der Waals surface area contributed by atoms with Crippen LogP contribution in [0, 0.1) is 23.7 Å². The molecule has 0 radical (unpaired) electrons. The highest BCUT2D eigenvalue weighted by atomic mass is 28.4. The predicted octanol–water partition coefficient (Wildman–Crippen LogP) is 8.08. The lowest BCUT2D eigenvalue weighted by atomic mass is 9.71. The second kappa shape index (κ2) is 15.2. The van der Waals surface area contributed by atoms with E-state index in [0.29, 0.717) is 42.4 Å². The maximum Gasteiger partial charge on any atom is 0.316 e. The molecule has 6 rings (SSSR count). The van der Waals surface area contributed by atoms with Gasteiger partial charge in [0.2, 0.25) is 0 Å². The molecule has 0 amide bonds. The van der Waals surface area contributed by atoms with Crippen molar-refractivity contribution in [2.24, 2.45) is 28.8 Å². The van der Waals surface area contributed by atoms with E-state index in [9.17, 15) is 15.0 Å². The first-order valence-corrected chi connectivity index (χ1v) is 22.9. The third kappa shape index (κ3) is 7.85. The van der Waals surface area contributed by atoms with E-state index < -0.39 is 49.9 Å². The smallest absolute Gasteiger partial charge is 0.316 e. The van der Waals surface area contributed by atoms with Crippen LogP contribution in [-0.2, 0) is 28.3 Å². The van der Waals surface area contributed by atoms with E-state index in [-0.39, 0.29) is 29.8 Å². The third-order valence-corrected chi connectivity index (χ3v) is 17.6. The molecule has 4 heterocycles. The van der Waals surface area contributed by atoms with E-state index >= 15 is 0 Å². The summed E-state index contributed by atoms with van der Waals surface area (Å²) in [4.78, 5) is 14.5. The van der Waals surface area contributed by atoms with Crippen molar-refractivity contribution in [3.8, 4) is 0 Å². The van der Waals surface area contributed by atoms with E-state index in [4.69, 9.17) is 23.5 Å². The number of allylic oxidation sites excluding steroid dienone is 2. The average Bonchev–Trinajstić information content (AvgIpc) is 3.42. The molecule has 0 aromatic heterocycles. The Bertz CT molecular complexity index is 1490. The van der Waals surface area contributed by atoms with Crippen LogP contribution in [0.15, 0.2) is 52.3 Å². The van der Waals surface area contributed by atoms with Gasteiger partial charge in [0, 0.05) is 25.2 Å². The second-order valence-electron chi connectivity index (χ2n) is 18.4. The Labute approximate surface area is 313 Å². The average molecular weight is 740 g/mol. The summed E-state index contributed by atoms with van der Waals surface area (Å²) in [5.74, 6) is -1.62. The molecular weight excluding hydrogens is 675 g/mol. The number of hydrogen-bond acceptors (Lipinski definition) is 9. The fourth-order valence-electron chi connectivity index (χ4n) is 8.95. The van der Waals surface area contributed by atoms with Crippen LogP contribution in [-0.4, -0.2) is 78.7 Å². The molecule has 0 aromatic carbocycles. The van der Waals surface area contributed by atoms with Crippen molar-refractivity contribution in [3.05, 3.63) is 47.1 Å². The number of fused-ring (bicyclic) bond motifs is 2. The lowest BCUT2D eigenvalue weighted by molar-refractivity contribution is -0.342. The molecular formula is C42H65NO8Si. The minimum absolute atomic E-state index is 0.0782. The Morgan fingerprint density at radius 2 is 1.77 bits per heavy atom. The molecule has 6 aliphatic rings. The summed E-state index contributed by atoms with van der Waals surface area (Å²) in [5.41, 5.74) is 0.898. The molecule has 9 nitrogen and oxygen atoms in total. The fraction of sp³-hybridized carbons (Fsp3) is 0.762. The first kappa shape index (κ1) is 39.6. The van der Waals surface area contributed by atoms with E-state index in [1.54, 1.807) is 6.08 Å². The van der Waals surface area contributed by atoms with Gasteiger partial charge in [-0.3, -0.25) is 4.79 Å². The molecule has 4 fully saturated rings. The normalized spacial score (nSPS) is 43.1. The highest BCUT2D eigenvalue weighted by Crippen LogP contribution is 2.48. The number of esters is 1. The molecule has 1 saturated carbocycles. The molecule has 290 valence electrons. The zero-order chi connectivity index (χ0) is 37.6. The quantitative estimate of drug-likeness (QED) is 0.129. The maximum absolute atomic E-state index is 14.5. The van der Waals surface area contributed by atoms with Crippen LogP contribution < -0.4 is 0 Å². The molecule has 2 aliphatic carbocycles. The highest BCUT2D eigenvalue weighted by molar-refractivity contribution is 6.74. The second-order valence-corrected chi connectivity index (χ2v) is 23.1. The molecule has 3 saturated heterocycles. The van der Waals surface area contributed by atoms with Gasteiger partial charge in [-0.1, -0.05) is 84.3 Å². The summed E-state index contributed by atoms with van der Waals surface area (Å²) < 4.78 is 33.1. The van der Waals surface area contributed by atoms with Gasteiger partial charge in [-0.25, -0.2) is 0 Å². The Hall–Kier alpha value is -2.08. The summed E-state index contributed by atoms with van der Waals surface area (Å²) in [6.45, 7) is 18.9. The first-order valence-electron chi connectivity index (χ1n) is 20.0. The lowest BCUT2D eigenvalue weighted by Gasteiger charge is -2.51. The summed E-state index contributed by atoms with van der Waals surface area (Å²) in [7, 11) is -2.29. The summed E-state index contributed by atoms with van der Waals surface area (Å²) in [6, 6.07) is 0. The molecule has 2 N–H and O–H groups in total. The molecule has 10 atom stereocenters. The zero-order valence-corrected chi connectivity index (χ0v) is 34.2. The molecule has 1 spiro atoms. The fourth-order valence-corrected chi connectivity index (χ4v) is 9.55. The number of oxime groups is 1. The number of aliphatic hydroxyl groups excluding tert-OH is 1. The van der Waals surface area contributed by atoms with Gasteiger partial charge in [-0.05, 0) is 86.2 Å². The van der Waals surface area contributed by atoms with Gasteiger partial charge in [-0.2, -0.15) is 0 Å². The molecule has 4 aliphatic heterocycles. The number of rotatable bonds is 3. The van der Waals surface area contributed by atoms with Gasteiger partial charge in [0.05, 0.1) is 24.9 Å². The Morgan fingerprint density at radius 1 is 1.04 bits per heavy atom. The monoisotopic (exact) mass is 739 g/mol. The number of carbonyl (C=O) groups excluding carboxylic acids is 1. The number of ether oxygens (including phenoxy) is 4. The van der Waals surface area contributed by atoms with Crippen LogP contribution in [0.3, 0.4) is 0 Å². The standard InChI is InChI=1S/C42H65NO8Si/c1-26-14-13-17-31-25-47-38-35(43-51-52(8,9)40(5,6)7)29(4)22-34(42(31,38)46)39(45)48-33-23-32(19-18-27(2)36(26)44)49-41(24-33)21-20-28(3)37(50-41)30-15-11-10-12-16-30/h13-14,17-18,22,26,28,30,32-34,36-38,44,46H,10-12,15-16,19-21,23-25H2,1-9H3/b14-13+,27-18+,31-17+,43-35-/t26-,28-,32+,33-,34-,36+,37-,38+,41+,42+/m0/s1. The van der Waals surface area contributed by atoms with Gasteiger partial charge in [0.25, 0.3) is 8.32 Å². The van der Waals surface area contributed by atoms with Crippen molar-refractivity contribution >= 4 is 20.0 Å². The van der Waals surface area contributed by atoms with Gasteiger partial charge >= 0.3 is 5.97 Å². The molecule has 10 heteroatoms. The minimum atomic E-state index is -2.29. The van der Waals surface area contributed by atoms with Crippen LogP contribution in [0.1, 0.15) is 113 Å². The first-order chi connectivity index (χ1) is 24.4.